The summed E-state index contributed by atoms with van der Waals surface area (Å²) in [6, 6.07) is 17.5. The SMILES string of the molecule is COc1ccccc1C(C)NC(=O)Cc1c(C)nn(-c2ccccc2)c1C. The number of amides is 1. The van der Waals surface area contributed by atoms with E-state index < -0.39 is 0 Å². The number of aromatic nitrogens is 2. The van der Waals surface area contributed by atoms with Crippen LogP contribution in [0, 0.1) is 13.8 Å². The summed E-state index contributed by atoms with van der Waals surface area (Å²) in [5, 5.41) is 7.68. The largest absolute Gasteiger partial charge is 0.496 e. The van der Waals surface area contributed by atoms with Crippen molar-refractivity contribution in [2.24, 2.45) is 0 Å². The molecule has 27 heavy (non-hydrogen) atoms. The zero-order valence-corrected chi connectivity index (χ0v) is 16.2. The van der Waals surface area contributed by atoms with E-state index in [1.54, 1.807) is 7.11 Å². The molecular weight excluding hydrogens is 338 g/mol. The van der Waals surface area contributed by atoms with Crippen molar-refractivity contribution in [1.82, 2.24) is 15.1 Å². The lowest BCUT2D eigenvalue weighted by molar-refractivity contribution is -0.121. The molecule has 0 aliphatic heterocycles. The van der Waals surface area contributed by atoms with Gasteiger partial charge in [0, 0.05) is 16.8 Å². The standard InChI is InChI=1S/C22H25N3O2/c1-15(19-12-8-9-13-21(19)27-4)23-22(26)14-20-16(2)24-25(17(20)3)18-10-6-5-7-11-18/h5-13,15H,14H2,1-4H3,(H,23,26). The van der Waals surface area contributed by atoms with Crippen LogP contribution in [0.15, 0.2) is 54.6 Å². The van der Waals surface area contributed by atoms with Gasteiger partial charge in [0.25, 0.3) is 0 Å². The first-order valence-corrected chi connectivity index (χ1v) is 9.04. The van der Waals surface area contributed by atoms with Crippen molar-refractivity contribution >= 4 is 5.91 Å². The Labute approximate surface area is 160 Å². The molecule has 5 heteroatoms. The highest BCUT2D eigenvalue weighted by molar-refractivity contribution is 5.79. The number of nitrogens with one attached hydrogen (secondary N) is 1. The Bertz CT molecular complexity index is 932. The van der Waals surface area contributed by atoms with Gasteiger partial charge >= 0.3 is 0 Å². The molecule has 0 fully saturated rings. The van der Waals surface area contributed by atoms with E-state index in [1.807, 2.05) is 80.1 Å². The number of aryl methyl sites for hydroxylation is 1. The summed E-state index contributed by atoms with van der Waals surface area (Å²) in [5.41, 5.74) is 4.77. The number of nitrogens with zero attached hydrogens (tertiary/aromatic N) is 2. The molecule has 0 aliphatic carbocycles. The van der Waals surface area contributed by atoms with Crippen LogP contribution in [0.4, 0.5) is 0 Å². The van der Waals surface area contributed by atoms with Gasteiger partial charge in [-0.2, -0.15) is 5.10 Å². The number of methoxy groups -OCH3 is 1. The molecule has 0 aliphatic rings. The third-order valence-corrected chi connectivity index (χ3v) is 4.76. The highest BCUT2D eigenvalue weighted by atomic mass is 16.5. The van der Waals surface area contributed by atoms with Crippen molar-refractivity contribution in [3.8, 4) is 11.4 Å². The second-order valence-electron chi connectivity index (χ2n) is 6.60. The number of hydrogen-bond acceptors (Lipinski definition) is 3. The minimum atomic E-state index is -0.140. The number of benzene rings is 2. The number of rotatable bonds is 6. The fourth-order valence-electron chi connectivity index (χ4n) is 3.31. The van der Waals surface area contributed by atoms with Gasteiger partial charge in [0.1, 0.15) is 5.75 Å². The molecule has 0 radical (unpaired) electrons. The number of ether oxygens (including phenoxy) is 1. The molecule has 3 rings (SSSR count). The molecule has 1 N–H and O–H groups in total. The van der Waals surface area contributed by atoms with Crippen molar-refractivity contribution in [2.75, 3.05) is 7.11 Å². The normalized spacial score (nSPS) is 11.9. The van der Waals surface area contributed by atoms with Gasteiger partial charge in [-0.3, -0.25) is 4.79 Å². The molecule has 5 nitrogen and oxygen atoms in total. The number of carbonyl (C=O) groups is 1. The van der Waals surface area contributed by atoms with Gasteiger partial charge in [-0.1, -0.05) is 36.4 Å². The Balaban J connectivity index is 1.76. The molecule has 0 saturated carbocycles. The first-order chi connectivity index (χ1) is 13.0. The highest BCUT2D eigenvalue weighted by Crippen LogP contribution is 2.25. The van der Waals surface area contributed by atoms with E-state index in [9.17, 15) is 4.79 Å². The molecule has 0 saturated heterocycles. The van der Waals surface area contributed by atoms with Crippen LogP contribution in [-0.2, 0) is 11.2 Å². The third-order valence-electron chi connectivity index (χ3n) is 4.76. The summed E-state index contributed by atoms with van der Waals surface area (Å²) < 4.78 is 7.28. The first-order valence-electron chi connectivity index (χ1n) is 9.04. The highest BCUT2D eigenvalue weighted by Gasteiger charge is 2.18. The van der Waals surface area contributed by atoms with Crippen LogP contribution in [0.25, 0.3) is 5.69 Å². The summed E-state index contributed by atoms with van der Waals surface area (Å²) in [5.74, 6) is 0.738. The Kier molecular flexibility index (Phi) is 5.60. The van der Waals surface area contributed by atoms with Gasteiger partial charge in [-0.25, -0.2) is 4.68 Å². The summed E-state index contributed by atoms with van der Waals surface area (Å²) in [6.45, 7) is 5.90. The van der Waals surface area contributed by atoms with Crippen LogP contribution in [0.1, 0.15) is 35.5 Å². The first kappa shape index (κ1) is 18.7. The van der Waals surface area contributed by atoms with Crippen LogP contribution in [0.2, 0.25) is 0 Å². The number of hydrogen-bond donors (Lipinski definition) is 1. The molecule has 0 spiro atoms. The third kappa shape index (κ3) is 4.03. The molecule has 1 unspecified atom stereocenters. The lowest BCUT2D eigenvalue weighted by Crippen LogP contribution is -2.28. The lowest BCUT2D eigenvalue weighted by atomic mass is 10.1. The van der Waals surface area contributed by atoms with Crippen LogP contribution in [0.3, 0.4) is 0 Å². The van der Waals surface area contributed by atoms with E-state index in [2.05, 4.69) is 10.4 Å². The molecule has 1 aromatic heterocycles. The fourth-order valence-corrected chi connectivity index (χ4v) is 3.31. The summed E-state index contributed by atoms with van der Waals surface area (Å²) in [7, 11) is 1.64. The second kappa shape index (κ2) is 8.08. The topological polar surface area (TPSA) is 56.1 Å². The van der Waals surface area contributed by atoms with Crippen molar-refractivity contribution in [3.63, 3.8) is 0 Å². The Morgan fingerprint density at radius 1 is 1.11 bits per heavy atom. The van der Waals surface area contributed by atoms with Crippen LogP contribution >= 0.6 is 0 Å². The van der Waals surface area contributed by atoms with E-state index in [0.717, 1.165) is 34.0 Å². The zero-order chi connectivity index (χ0) is 19.4. The number of carbonyl (C=O) groups excluding carboxylic acids is 1. The lowest BCUT2D eigenvalue weighted by Gasteiger charge is -2.17. The Morgan fingerprint density at radius 3 is 2.48 bits per heavy atom. The van der Waals surface area contributed by atoms with E-state index in [-0.39, 0.29) is 11.9 Å². The van der Waals surface area contributed by atoms with Crippen LogP contribution in [-0.4, -0.2) is 22.8 Å². The predicted octanol–water partition coefficient (Wildman–Crippen LogP) is 3.92. The van der Waals surface area contributed by atoms with E-state index in [1.165, 1.54) is 0 Å². The van der Waals surface area contributed by atoms with E-state index in [0.29, 0.717) is 6.42 Å². The van der Waals surface area contributed by atoms with E-state index >= 15 is 0 Å². The van der Waals surface area contributed by atoms with Crippen molar-refractivity contribution in [3.05, 3.63) is 77.1 Å². The quantitative estimate of drug-likeness (QED) is 0.722. The average Bonchev–Trinajstić information content (AvgIpc) is 2.96. The van der Waals surface area contributed by atoms with Gasteiger partial charge in [0.15, 0.2) is 0 Å². The van der Waals surface area contributed by atoms with Crippen molar-refractivity contribution in [1.29, 1.82) is 0 Å². The van der Waals surface area contributed by atoms with Gasteiger partial charge in [0.05, 0.1) is 31.0 Å². The monoisotopic (exact) mass is 363 g/mol. The maximum absolute atomic E-state index is 12.7. The second-order valence-corrected chi connectivity index (χ2v) is 6.60. The molecule has 3 aromatic rings. The minimum absolute atomic E-state index is 0.0350. The van der Waals surface area contributed by atoms with Crippen molar-refractivity contribution < 1.29 is 9.53 Å². The van der Waals surface area contributed by atoms with E-state index in [4.69, 9.17) is 4.74 Å². The van der Waals surface area contributed by atoms with Gasteiger partial charge in [-0.05, 0) is 39.0 Å². The fraction of sp³-hybridized carbons (Fsp3) is 0.273. The summed E-state index contributed by atoms with van der Waals surface area (Å²) >= 11 is 0. The predicted molar refractivity (Wildman–Crippen MR) is 106 cm³/mol. The van der Waals surface area contributed by atoms with Gasteiger partial charge in [0.2, 0.25) is 5.91 Å². The average molecular weight is 363 g/mol. The minimum Gasteiger partial charge on any atom is -0.496 e. The molecule has 0 bridgehead atoms. The van der Waals surface area contributed by atoms with Crippen LogP contribution < -0.4 is 10.1 Å². The molecule has 1 atom stereocenters. The smallest absolute Gasteiger partial charge is 0.225 e. The molecule has 1 amide bonds. The molecular formula is C22H25N3O2. The van der Waals surface area contributed by atoms with Gasteiger partial charge in [-0.15, -0.1) is 0 Å². The maximum atomic E-state index is 12.7. The Hall–Kier alpha value is -3.08. The zero-order valence-electron chi connectivity index (χ0n) is 16.2. The van der Waals surface area contributed by atoms with Crippen LogP contribution in [0.5, 0.6) is 5.75 Å². The summed E-state index contributed by atoms with van der Waals surface area (Å²) in [4.78, 5) is 12.7. The van der Waals surface area contributed by atoms with Crippen molar-refractivity contribution in [2.45, 2.75) is 33.2 Å². The molecule has 2 aromatic carbocycles. The van der Waals surface area contributed by atoms with Gasteiger partial charge < -0.3 is 10.1 Å². The number of para-hydroxylation sites is 2. The Morgan fingerprint density at radius 2 is 1.78 bits per heavy atom. The summed E-state index contributed by atoms with van der Waals surface area (Å²) in [6.07, 6.45) is 0.296. The molecule has 140 valence electrons. The maximum Gasteiger partial charge on any atom is 0.225 e. The molecule has 1 heterocycles.